The van der Waals surface area contributed by atoms with Crippen molar-refractivity contribution in [3.8, 4) is 22.9 Å². The lowest BCUT2D eigenvalue weighted by Crippen LogP contribution is -2.26. The van der Waals surface area contributed by atoms with E-state index in [2.05, 4.69) is 30.8 Å². The maximum Gasteiger partial charge on any atom is 0.514 e. The van der Waals surface area contributed by atoms with Gasteiger partial charge >= 0.3 is 6.16 Å². The van der Waals surface area contributed by atoms with Crippen LogP contribution in [0.2, 0.25) is 10.0 Å². The second-order valence-electron chi connectivity index (χ2n) is 12.8. The van der Waals surface area contributed by atoms with Gasteiger partial charge in [-0.2, -0.15) is 0 Å². The number of phenolic OH excluding ortho intramolecular Hbond substituents is 1. The first kappa shape index (κ1) is 45.6. The average molecular weight is 964 g/mol. The molecule has 6 rings (SSSR count). The number of phenols is 1. The molecular weight excluding hydrogens is 936 g/mol. The zero-order valence-corrected chi connectivity index (χ0v) is 36.5. The van der Waals surface area contributed by atoms with Crippen LogP contribution in [0.15, 0.2) is 97.1 Å². The van der Waals surface area contributed by atoms with E-state index in [0.717, 1.165) is 0 Å². The number of benzene rings is 4. The molecule has 2 heterocycles. The Morgan fingerprint density at radius 2 is 1.05 bits per heavy atom. The summed E-state index contributed by atoms with van der Waals surface area (Å²) in [6, 6.07) is 25.9. The molecule has 14 nitrogen and oxygen atoms in total. The van der Waals surface area contributed by atoms with Crippen molar-refractivity contribution < 1.29 is 29.0 Å². The van der Waals surface area contributed by atoms with Crippen LogP contribution < -0.4 is 15.4 Å². The monoisotopic (exact) mass is 960 g/mol. The molecule has 22 heteroatoms. The Hall–Kier alpha value is -4.51. The summed E-state index contributed by atoms with van der Waals surface area (Å²) in [6.45, 7) is 5.13. The summed E-state index contributed by atoms with van der Waals surface area (Å²) >= 11 is 48.1. The minimum Gasteiger partial charge on any atom is -0.508 e. The quantitative estimate of drug-likeness (QED) is 0.0604. The van der Waals surface area contributed by atoms with Gasteiger partial charge in [-0.1, -0.05) is 129 Å². The number of alkyl halides is 6. The molecule has 0 saturated heterocycles. The van der Waals surface area contributed by atoms with Crippen molar-refractivity contribution in [2.24, 2.45) is 0 Å². The van der Waals surface area contributed by atoms with Gasteiger partial charge in [-0.15, -0.1) is 10.2 Å². The topological polar surface area (TPSA) is 175 Å². The van der Waals surface area contributed by atoms with E-state index >= 15 is 0 Å². The summed E-state index contributed by atoms with van der Waals surface area (Å²) < 4.78 is 8.90. The molecule has 308 valence electrons. The van der Waals surface area contributed by atoms with Gasteiger partial charge in [0.1, 0.15) is 17.1 Å². The van der Waals surface area contributed by atoms with E-state index in [-0.39, 0.29) is 56.2 Å². The van der Waals surface area contributed by atoms with E-state index < -0.39 is 31.2 Å². The largest absolute Gasteiger partial charge is 0.514 e. The Labute approximate surface area is 376 Å². The van der Waals surface area contributed by atoms with Crippen molar-refractivity contribution >= 4 is 122 Å². The third kappa shape index (κ3) is 12.5. The van der Waals surface area contributed by atoms with Gasteiger partial charge in [0.2, 0.25) is 19.2 Å². The van der Waals surface area contributed by atoms with Crippen molar-refractivity contribution in [3.63, 3.8) is 0 Å². The number of para-hydroxylation sites is 2. The van der Waals surface area contributed by atoms with Crippen LogP contribution in [-0.4, -0.2) is 58.2 Å². The number of carbonyl (C=O) groups is 3. The Morgan fingerprint density at radius 3 is 1.44 bits per heavy atom. The van der Waals surface area contributed by atoms with Crippen LogP contribution in [0.25, 0.3) is 11.4 Å². The highest BCUT2D eigenvalue weighted by atomic mass is 35.6. The smallest absolute Gasteiger partial charge is 0.508 e. The second kappa shape index (κ2) is 18.8. The van der Waals surface area contributed by atoms with E-state index in [0.29, 0.717) is 11.4 Å². The van der Waals surface area contributed by atoms with Crippen LogP contribution in [0.4, 0.5) is 16.2 Å². The highest BCUT2D eigenvalue weighted by Crippen LogP contribution is 2.39. The van der Waals surface area contributed by atoms with E-state index in [4.69, 9.17) is 102 Å². The highest BCUT2D eigenvalue weighted by Gasteiger charge is 2.34. The number of amides is 2. The number of aromatic nitrogens is 6. The fraction of sp³-hybridized carbons (Fsp3) is 0.162. The lowest BCUT2D eigenvalue weighted by Gasteiger charge is -2.18. The van der Waals surface area contributed by atoms with Gasteiger partial charge in [-0.3, -0.25) is 9.59 Å². The molecule has 2 aromatic heterocycles. The number of nitrogens with one attached hydrogen (secondary N) is 2. The Kier molecular flexibility index (Phi) is 14.5. The molecular formula is C37H28Cl8N8O6. The summed E-state index contributed by atoms with van der Waals surface area (Å²) in [4.78, 5) is 45.2. The Morgan fingerprint density at radius 1 is 0.627 bits per heavy atom. The van der Waals surface area contributed by atoms with Crippen LogP contribution in [0.1, 0.15) is 53.7 Å². The van der Waals surface area contributed by atoms with E-state index in [9.17, 15) is 19.5 Å². The number of aromatic hydroxyl groups is 1. The van der Waals surface area contributed by atoms with Crippen LogP contribution in [0.5, 0.6) is 11.5 Å². The summed E-state index contributed by atoms with van der Waals surface area (Å²) in [5, 5.41) is 23.1. The minimum atomic E-state index is -1.93. The molecule has 0 bridgehead atoms. The van der Waals surface area contributed by atoms with Crippen LogP contribution in [-0.2, 0) is 12.3 Å². The van der Waals surface area contributed by atoms with Crippen LogP contribution in [0.3, 0.4) is 0 Å². The first-order chi connectivity index (χ1) is 27.6. The van der Waals surface area contributed by atoms with Gasteiger partial charge in [0.15, 0.2) is 11.6 Å². The molecule has 6 aromatic rings. The number of anilines is 2. The molecule has 2 amide bonds. The molecule has 4 aromatic carbocycles. The molecule has 0 spiro atoms. The molecule has 0 radical (unpaired) electrons. The number of carbonyl (C=O) groups excluding carboxylic acids is 3. The number of halogens is 8. The SMILES string of the molecule is CC(C)(C)OC(=O)Oc1ccc(NC(=O)c2nc(C(Cl)(Cl)Cl)n(-c3ccccc3)n2)c(Cl)c1.O=C(Nc1ccc(O)cc1Cl)c1nc(C(Cl)(Cl)Cl)n(-c2ccccc2)n1. The first-order valence-electron chi connectivity index (χ1n) is 16.6. The van der Waals surface area contributed by atoms with Crippen LogP contribution in [0, 0.1) is 0 Å². The lowest BCUT2D eigenvalue weighted by molar-refractivity contribution is 0.0206. The van der Waals surface area contributed by atoms with Crippen molar-refractivity contribution in [1.29, 1.82) is 0 Å². The molecule has 0 aliphatic carbocycles. The minimum absolute atomic E-state index is 0.0297. The summed E-state index contributed by atoms with van der Waals surface area (Å²) in [5.41, 5.74) is 0.914. The Balaban J connectivity index is 0.000000230. The fourth-order valence-corrected chi connectivity index (χ4v) is 5.85. The number of ether oxygens (including phenoxy) is 2. The number of hydrogen-bond acceptors (Lipinski definition) is 10. The molecule has 0 atom stereocenters. The standard InChI is InChI=1S/C21H18Cl4N4O4.C16H10Cl4N4O2/c1-20(2,3)33-19(31)32-13-9-10-15(14(22)11-13)26-17(30)16-27-18(21(23,24)25)29(28-16)12-7-5-4-6-8-12;17-11-8-10(25)6-7-12(11)21-14(26)13-22-15(16(18,19)20)24(23-13)9-4-2-1-3-5-9/h4-11H,1-3H3,(H,26,30);1-8,25H,(H,21,26). The van der Waals surface area contributed by atoms with Gasteiger partial charge < -0.3 is 25.2 Å². The Bertz CT molecular complexity index is 2470. The van der Waals surface area contributed by atoms with Gasteiger partial charge in [0.25, 0.3) is 11.8 Å². The molecule has 0 aliphatic heterocycles. The maximum atomic E-state index is 12.8. The predicted octanol–water partition coefficient (Wildman–Crippen LogP) is 11.0. The molecule has 59 heavy (non-hydrogen) atoms. The fourth-order valence-electron chi connectivity index (χ4n) is 4.67. The summed E-state index contributed by atoms with van der Waals surface area (Å²) in [7, 11) is 0. The number of rotatable bonds is 7. The molecule has 3 N–H and O–H groups in total. The molecule has 0 aliphatic rings. The maximum absolute atomic E-state index is 12.8. The molecule has 0 fully saturated rings. The first-order valence-corrected chi connectivity index (χ1v) is 19.6. The van der Waals surface area contributed by atoms with Gasteiger partial charge in [-0.25, -0.2) is 24.1 Å². The predicted molar refractivity (Wildman–Crippen MR) is 229 cm³/mol. The third-order valence-corrected chi connectivity index (χ3v) is 8.75. The number of hydrogen-bond donors (Lipinski definition) is 3. The van der Waals surface area contributed by atoms with E-state index in [1.807, 2.05) is 6.07 Å². The van der Waals surface area contributed by atoms with Crippen LogP contribution >= 0.6 is 92.8 Å². The van der Waals surface area contributed by atoms with Gasteiger partial charge in [0.05, 0.1) is 32.8 Å². The van der Waals surface area contributed by atoms with E-state index in [1.165, 1.54) is 45.8 Å². The number of nitrogens with zero attached hydrogens (tertiary/aromatic N) is 6. The van der Waals surface area contributed by atoms with Crippen molar-refractivity contribution in [2.45, 2.75) is 34.0 Å². The zero-order valence-electron chi connectivity index (χ0n) is 30.4. The zero-order chi connectivity index (χ0) is 43.3. The average Bonchev–Trinajstić information content (AvgIpc) is 3.81. The summed E-state index contributed by atoms with van der Waals surface area (Å²) in [6.07, 6.45) is -0.884. The van der Waals surface area contributed by atoms with Gasteiger partial charge in [-0.05, 0) is 69.3 Å². The molecule has 0 unspecified atom stereocenters. The molecule has 0 saturated carbocycles. The van der Waals surface area contributed by atoms with E-state index in [1.54, 1.807) is 75.4 Å². The summed E-state index contributed by atoms with van der Waals surface area (Å²) in [5.74, 6) is -1.78. The lowest BCUT2D eigenvalue weighted by atomic mass is 10.2. The van der Waals surface area contributed by atoms with Gasteiger partial charge in [0, 0.05) is 12.1 Å². The third-order valence-electron chi connectivity index (χ3n) is 7.11. The van der Waals surface area contributed by atoms with Crippen molar-refractivity contribution in [2.75, 3.05) is 10.6 Å². The normalized spacial score (nSPS) is 11.6. The second-order valence-corrected chi connectivity index (χ2v) is 18.2. The van der Waals surface area contributed by atoms with Crippen molar-refractivity contribution in [3.05, 3.63) is 130 Å². The van der Waals surface area contributed by atoms with Crippen molar-refractivity contribution in [1.82, 2.24) is 29.5 Å². The highest BCUT2D eigenvalue weighted by molar-refractivity contribution is 6.67.